The van der Waals surface area contributed by atoms with Crippen LogP contribution >= 0.6 is 0 Å². The van der Waals surface area contributed by atoms with Gasteiger partial charge in [0.2, 0.25) is 0 Å². The fourth-order valence-corrected chi connectivity index (χ4v) is 2.46. The lowest BCUT2D eigenvalue weighted by Gasteiger charge is -2.34. The molecule has 0 aliphatic heterocycles. The monoisotopic (exact) mass is 430 g/mol. The largest absolute Gasteiger partial charge is 0.370 e. The third-order valence-electron chi connectivity index (χ3n) is 4.41. The third-order valence-corrected chi connectivity index (χ3v) is 4.41. The lowest BCUT2D eigenvalue weighted by atomic mass is 9.95. The van der Waals surface area contributed by atoms with Gasteiger partial charge in [0.15, 0.2) is 5.60 Å². The zero-order chi connectivity index (χ0) is 23.0. The highest BCUT2D eigenvalue weighted by molar-refractivity contribution is 5.97. The minimum absolute atomic E-state index is 0.0913. The lowest BCUT2D eigenvalue weighted by molar-refractivity contribution is -0.157. The number of hydrogen-bond donors (Lipinski definition) is 3. The Bertz CT molecular complexity index is 1060. The van der Waals surface area contributed by atoms with Crippen LogP contribution in [0.4, 0.5) is 8.78 Å². The number of imidazole rings is 1. The molecule has 0 saturated heterocycles. The van der Waals surface area contributed by atoms with Crippen molar-refractivity contribution in [3.8, 4) is 23.7 Å². The Morgan fingerprint density at radius 2 is 1.87 bits per heavy atom. The number of aromatic nitrogens is 2. The van der Waals surface area contributed by atoms with E-state index in [4.69, 9.17) is 9.94 Å². The van der Waals surface area contributed by atoms with Crippen LogP contribution in [0.3, 0.4) is 0 Å². The first-order valence-electron chi connectivity index (χ1n) is 8.89. The van der Waals surface area contributed by atoms with Crippen molar-refractivity contribution in [2.24, 2.45) is 7.05 Å². The second kappa shape index (κ2) is 10.3. The van der Waals surface area contributed by atoms with Crippen LogP contribution in [0.25, 0.3) is 0 Å². The van der Waals surface area contributed by atoms with Gasteiger partial charge in [-0.25, -0.2) is 19.2 Å². The van der Waals surface area contributed by atoms with Gasteiger partial charge in [0, 0.05) is 31.5 Å². The number of alkyl halides is 2. The first-order valence-corrected chi connectivity index (χ1v) is 8.89. The summed E-state index contributed by atoms with van der Waals surface area (Å²) in [6, 6.07) is 4.04. The fraction of sp³-hybridized carbons (Fsp3) is 0.286. The molecule has 2 atom stereocenters. The molecule has 0 aliphatic carbocycles. The van der Waals surface area contributed by atoms with Gasteiger partial charge in [0.1, 0.15) is 11.7 Å². The molecule has 162 valence electrons. The maximum absolute atomic E-state index is 13.4. The molecule has 0 spiro atoms. The number of hydroxylamine groups is 1. The molecule has 2 rings (SSSR count). The molecule has 2 amide bonds. The summed E-state index contributed by atoms with van der Waals surface area (Å²) >= 11 is 0. The molecular weight excluding hydrogens is 410 g/mol. The van der Waals surface area contributed by atoms with E-state index in [-0.39, 0.29) is 5.56 Å². The molecule has 0 fully saturated rings. The second-order valence-corrected chi connectivity index (χ2v) is 6.57. The van der Waals surface area contributed by atoms with Crippen molar-refractivity contribution in [2.45, 2.75) is 25.0 Å². The summed E-state index contributed by atoms with van der Waals surface area (Å²) in [6.07, 6.45) is 0.242. The van der Waals surface area contributed by atoms with E-state index in [1.807, 2.05) is 7.05 Å². The maximum atomic E-state index is 13.4. The van der Waals surface area contributed by atoms with Crippen LogP contribution in [-0.2, 0) is 16.6 Å². The Hall–Kier alpha value is -3.73. The fourth-order valence-electron chi connectivity index (χ4n) is 2.46. The van der Waals surface area contributed by atoms with E-state index in [1.54, 1.807) is 17.1 Å². The molecule has 0 bridgehead atoms. The van der Waals surface area contributed by atoms with E-state index in [1.165, 1.54) is 29.7 Å². The topological polar surface area (TPSA) is 105 Å². The molecule has 31 heavy (non-hydrogen) atoms. The number of carbonyl (C=O) groups excluding carboxylic acids is 2. The lowest BCUT2D eigenvalue weighted by Crippen LogP contribution is -2.62. The van der Waals surface area contributed by atoms with Gasteiger partial charge >= 0.3 is 0 Å². The van der Waals surface area contributed by atoms with Gasteiger partial charge in [-0.2, -0.15) is 0 Å². The molecule has 3 N–H and O–H groups in total. The molecule has 0 aliphatic rings. The minimum atomic E-state index is -3.12. The summed E-state index contributed by atoms with van der Waals surface area (Å²) in [4.78, 5) is 28.4. The van der Waals surface area contributed by atoms with Crippen LogP contribution in [0.15, 0.2) is 36.8 Å². The van der Waals surface area contributed by atoms with Gasteiger partial charge in [-0.3, -0.25) is 14.8 Å². The summed E-state index contributed by atoms with van der Waals surface area (Å²) in [5.74, 6) is 8.84. The quantitative estimate of drug-likeness (QED) is 0.362. The van der Waals surface area contributed by atoms with Crippen molar-refractivity contribution in [3.63, 3.8) is 0 Å². The van der Waals surface area contributed by atoms with Gasteiger partial charge in [-0.05, 0) is 49.0 Å². The molecule has 2 unspecified atom stereocenters. The molecule has 1 aromatic carbocycles. The molecule has 1 aromatic heterocycles. The Kier molecular flexibility index (Phi) is 7.86. The first-order chi connectivity index (χ1) is 14.7. The number of methoxy groups -OCH3 is 1. The van der Waals surface area contributed by atoms with Crippen molar-refractivity contribution in [1.82, 2.24) is 20.3 Å². The smallest absolute Gasteiger partial charge is 0.269 e. The highest BCUT2D eigenvalue weighted by Crippen LogP contribution is 2.24. The van der Waals surface area contributed by atoms with Crippen LogP contribution in [0.5, 0.6) is 0 Å². The number of halogens is 2. The van der Waals surface area contributed by atoms with Crippen LogP contribution in [-0.4, -0.2) is 51.8 Å². The summed E-state index contributed by atoms with van der Waals surface area (Å²) in [5, 5.41) is 11.0. The van der Waals surface area contributed by atoms with E-state index in [9.17, 15) is 18.4 Å². The van der Waals surface area contributed by atoms with Crippen molar-refractivity contribution in [3.05, 3.63) is 53.6 Å². The number of carbonyl (C=O) groups is 2. The van der Waals surface area contributed by atoms with Gasteiger partial charge < -0.3 is 14.6 Å². The van der Waals surface area contributed by atoms with E-state index < -0.39 is 29.9 Å². The number of aryl methyl sites for hydroxylation is 1. The Balaban J connectivity index is 2.13. The molecule has 2 aromatic rings. The van der Waals surface area contributed by atoms with Gasteiger partial charge in [0.05, 0.1) is 6.33 Å². The zero-order valence-electron chi connectivity index (χ0n) is 16.9. The molecular formula is C21H20F2N4O4. The minimum Gasteiger partial charge on any atom is -0.370 e. The predicted octanol–water partition coefficient (Wildman–Crippen LogP) is 1.10. The maximum Gasteiger partial charge on any atom is 0.269 e. The summed E-state index contributed by atoms with van der Waals surface area (Å²) in [6.45, 7) is 0.947. The number of nitrogens with one attached hydrogen (secondary N) is 2. The third kappa shape index (κ3) is 5.89. The molecule has 0 radical (unpaired) electrons. The number of ether oxygens (including phenoxy) is 1. The van der Waals surface area contributed by atoms with E-state index in [0.29, 0.717) is 11.3 Å². The van der Waals surface area contributed by atoms with Crippen LogP contribution in [0.2, 0.25) is 0 Å². The molecule has 10 heteroatoms. The second-order valence-electron chi connectivity index (χ2n) is 6.57. The zero-order valence-corrected chi connectivity index (χ0v) is 16.9. The van der Waals surface area contributed by atoms with Crippen molar-refractivity contribution < 1.29 is 28.3 Å². The van der Waals surface area contributed by atoms with E-state index in [2.05, 4.69) is 34.0 Å². The van der Waals surface area contributed by atoms with Crippen molar-refractivity contribution in [1.29, 1.82) is 0 Å². The standard InChI is InChI=1S/C21H20F2N4O4/c1-21(31-3,20(22)23)17(19(29)26-30)25-18(28)15-10-8-14(9-11-15)6-4-5-7-16-12-27(2)13-24-16/h8-13,17,20,30H,1-3H3,(H,25,28)(H,26,29). The summed E-state index contributed by atoms with van der Waals surface area (Å²) < 4.78 is 33.4. The Morgan fingerprint density at radius 3 is 2.39 bits per heavy atom. The first kappa shape index (κ1) is 23.5. The van der Waals surface area contributed by atoms with Crippen LogP contribution < -0.4 is 10.8 Å². The number of amides is 2. The van der Waals surface area contributed by atoms with Crippen LogP contribution in [0, 0.1) is 23.7 Å². The van der Waals surface area contributed by atoms with Gasteiger partial charge in [-0.15, -0.1) is 0 Å². The van der Waals surface area contributed by atoms with Crippen molar-refractivity contribution in [2.75, 3.05) is 7.11 Å². The number of hydrogen-bond acceptors (Lipinski definition) is 5. The highest BCUT2D eigenvalue weighted by atomic mass is 19.3. The van der Waals surface area contributed by atoms with Crippen LogP contribution in [0.1, 0.15) is 28.5 Å². The molecule has 8 nitrogen and oxygen atoms in total. The normalized spacial score (nSPS) is 13.1. The summed E-state index contributed by atoms with van der Waals surface area (Å²) in [5.41, 5.74) is 0.136. The molecule has 1 heterocycles. The number of nitrogens with zero attached hydrogens (tertiary/aromatic N) is 2. The average Bonchev–Trinajstić information content (AvgIpc) is 3.19. The van der Waals surface area contributed by atoms with E-state index >= 15 is 0 Å². The highest BCUT2D eigenvalue weighted by Gasteiger charge is 2.48. The number of rotatable bonds is 6. The SMILES string of the molecule is COC(C)(C(F)F)C(NC(=O)c1ccc(C#CC#Cc2cn(C)cn2)cc1)C(=O)NO. The Morgan fingerprint density at radius 1 is 1.23 bits per heavy atom. The molecule has 0 saturated carbocycles. The van der Waals surface area contributed by atoms with Gasteiger partial charge in [0.25, 0.3) is 18.2 Å². The predicted molar refractivity (Wildman–Crippen MR) is 106 cm³/mol. The Labute approximate surface area is 177 Å². The van der Waals surface area contributed by atoms with E-state index in [0.717, 1.165) is 14.0 Å². The average molecular weight is 430 g/mol. The summed E-state index contributed by atoms with van der Waals surface area (Å²) in [7, 11) is 2.80. The number of benzene rings is 1. The van der Waals surface area contributed by atoms with Gasteiger partial charge in [-0.1, -0.05) is 5.92 Å². The van der Waals surface area contributed by atoms with Crippen molar-refractivity contribution >= 4 is 11.8 Å².